The number of rotatable bonds is 4. The minimum absolute atomic E-state index is 0.170. The van der Waals surface area contributed by atoms with Crippen molar-refractivity contribution in [1.29, 1.82) is 0 Å². The van der Waals surface area contributed by atoms with Crippen molar-refractivity contribution < 1.29 is 13.2 Å². The molecule has 3 nitrogen and oxygen atoms in total. The van der Waals surface area contributed by atoms with Gasteiger partial charge in [0.05, 0.1) is 11.4 Å². The van der Waals surface area contributed by atoms with E-state index in [0.717, 1.165) is 0 Å². The Morgan fingerprint density at radius 3 is 2.09 bits per heavy atom. The smallest absolute Gasteiger partial charge is 0.157 e. The summed E-state index contributed by atoms with van der Waals surface area (Å²) in [6, 6.07) is 0. The summed E-state index contributed by atoms with van der Waals surface area (Å²) in [5, 5.41) is 0. The fourth-order valence-corrected chi connectivity index (χ4v) is 1.91. The van der Waals surface area contributed by atoms with E-state index in [9.17, 15) is 8.42 Å². The number of hydrogen-bond acceptors (Lipinski definition) is 3. The highest BCUT2D eigenvalue weighted by molar-refractivity contribution is 7.92. The van der Waals surface area contributed by atoms with Crippen LogP contribution in [0, 0.1) is 0 Å². The van der Waals surface area contributed by atoms with Crippen LogP contribution in [0.15, 0.2) is 0 Å². The zero-order valence-corrected chi connectivity index (χ0v) is 8.36. The molecule has 0 bridgehead atoms. The average Bonchev–Trinajstić information content (AvgIpc) is 1.87. The van der Waals surface area contributed by atoms with Crippen LogP contribution in [0.5, 0.6) is 0 Å². The number of methoxy groups -OCH3 is 1. The molecule has 0 spiro atoms. The molecular weight excluding hydrogens is 164 g/mol. The summed E-state index contributed by atoms with van der Waals surface area (Å²) in [7, 11) is -1.48. The normalized spacial score (nSPS) is 13.5. The first kappa shape index (κ1) is 10.9. The van der Waals surface area contributed by atoms with Crippen LogP contribution >= 0.6 is 0 Å². The quantitative estimate of drug-likeness (QED) is 0.644. The van der Waals surface area contributed by atoms with Gasteiger partial charge in [-0.1, -0.05) is 6.92 Å². The van der Waals surface area contributed by atoms with Crippen LogP contribution in [0.3, 0.4) is 0 Å². The van der Waals surface area contributed by atoms with E-state index >= 15 is 0 Å². The van der Waals surface area contributed by atoms with Crippen LogP contribution in [0.1, 0.15) is 20.8 Å². The molecule has 4 heteroatoms. The summed E-state index contributed by atoms with van der Waals surface area (Å²) < 4.78 is 26.7. The molecule has 0 unspecified atom stereocenters. The third-order valence-electron chi connectivity index (χ3n) is 1.71. The minimum atomic E-state index is -2.98. The van der Waals surface area contributed by atoms with Gasteiger partial charge in [-0.15, -0.1) is 0 Å². The monoisotopic (exact) mass is 180 g/mol. The van der Waals surface area contributed by atoms with Crippen LogP contribution in [0.25, 0.3) is 0 Å². The number of hydrogen-bond donors (Lipinski definition) is 0. The Hall–Kier alpha value is -0.0900. The minimum Gasteiger partial charge on any atom is -0.383 e. The van der Waals surface area contributed by atoms with Crippen molar-refractivity contribution in [3.05, 3.63) is 0 Å². The van der Waals surface area contributed by atoms with Crippen molar-refractivity contribution in [1.82, 2.24) is 0 Å². The Balaban J connectivity index is 4.55. The summed E-state index contributed by atoms with van der Waals surface area (Å²) in [6.07, 6.45) is 0. The second kappa shape index (κ2) is 3.54. The van der Waals surface area contributed by atoms with Crippen LogP contribution in [0.2, 0.25) is 0 Å². The molecule has 68 valence electrons. The van der Waals surface area contributed by atoms with Gasteiger partial charge in [0.1, 0.15) is 0 Å². The fraction of sp³-hybridized carbons (Fsp3) is 1.00. The van der Waals surface area contributed by atoms with Crippen LogP contribution in [-0.4, -0.2) is 32.6 Å². The molecule has 0 aromatic rings. The summed E-state index contributed by atoms with van der Waals surface area (Å²) in [5.41, 5.74) is 0. The van der Waals surface area contributed by atoms with Gasteiger partial charge in [0.25, 0.3) is 0 Å². The van der Waals surface area contributed by atoms with Crippen molar-refractivity contribution in [2.24, 2.45) is 0 Å². The van der Waals surface area contributed by atoms with Gasteiger partial charge in [-0.05, 0) is 13.8 Å². The molecule has 11 heavy (non-hydrogen) atoms. The molecule has 0 heterocycles. The van der Waals surface area contributed by atoms with Crippen molar-refractivity contribution in [2.75, 3.05) is 19.5 Å². The van der Waals surface area contributed by atoms with E-state index in [0.29, 0.717) is 0 Å². The lowest BCUT2D eigenvalue weighted by atomic mass is 10.2. The fourth-order valence-electron chi connectivity index (χ4n) is 0.828. The predicted molar refractivity (Wildman–Crippen MR) is 45.4 cm³/mol. The maximum absolute atomic E-state index is 11.3. The standard InChI is InChI=1S/C7H16O3S/c1-5-11(8,9)7(2,3)6-10-4/h5-6H2,1-4H3. The summed E-state index contributed by atoms with van der Waals surface area (Å²) in [5.74, 6) is 0.170. The molecule has 0 aromatic carbocycles. The highest BCUT2D eigenvalue weighted by atomic mass is 32.2. The summed E-state index contributed by atoms with van der Waals surface area (Å²) in [6.45, 7) is 5.25. The molecular formula is C7H16O3S. The van der Waals surface area contributed by atoms with Gasteiger partial charge in [-0.2, -0.15) is 0 Å². The van der Waals surface area contributed by atoms with Gasteiger partial charge < -0.3 is 4.74 Å². The molecule has 0 aliphatic carbocycles. The SMILES string of the molecule is CCS(=O)(=O)C(C)(C)COC. The molecule has 0 atom stereocenters. The zero-order valence-electron chi connectivity index (χ0n) is 7.55. The molecule has 0 N–H and O–H groups in total. The first-order valence-electron chi connectivity index (χ1n) is 3.58. The third-order valence-corrected chi connectivity index (χ3v) is 4.28. The lowest BCUT2D eigenvalue weighted by molar-refractivity contribution is 0.175. The Labute approximate surface area is 68.7 Å². The van der Waals surface area contributed by atoms with Gasteiger partial charge in [0.15, 0.2) is 9.84 Å². The highest BCUT2D eigenvalue weighted by Gasteiger charge is 2.32. The highest BCUT2D eigenvalue weighted by Crippen LogP contribution is 2.16. The van der Waals surface area contributed by atoms with E-state index in [1.54, 1.807) is 20.8 Å². The topological polar surface area (TPSA) is 43.4 Å². The van der Waals surface area contributed by atoms with E-state index in [1.165, 1.54) is 7.11 Å². The zero-order chi connectivity index (χ0) is 9.12. The largest absolute Gasteiger partial charge is 0.383 e. The van der Waals surface area contributed by atoms with Gasteiger partial charge in [-0.3, -0.25) is 0 Å². The first-order valence-corrected chi connectivity index (χ1v) is 5.24. The van der Waals surface area contributed by atoms with E-state index < -0.39 is 14.6 Å². The Morgan fingerprint density at radius 2 is 1.82 bits per heavy atom. The van der Waals surface area contributed by atoms with E-state index in [-0.39, 0.29) is 12.4 Å². The van der Waals surface area contributed by atoms with E-state index in [2.05, 4.69) is 0 Å². The van der Waals surface area contributed by atoms with E-state index in [1.807, 2.05) is 0 Å². The maximum Gasteiger partial charge on any atom is 0.157 e. The van der Waals surface area contributed by atoms with Crippen LogP contribution < -0.4 is 0 Å². The van der Waals surface area contributed by atoms with E-state index in [4.69, 9.17) is 4.74 Å². The maximum atomic E-state index is 11.3. The van der Waals surface area contributed by atoms with Crippen molar-refractivity contribution in [3.63, 3.8) is 0 Å². The summed E-state index contributed by atoms with van der Waals surface area (Å²) >= 11 is 0. The van der Waals surface area contributed by atoms with Crippen molar-refractivity contribution in [3.8, 4) is 0 Å². The molecule has 0 aromatic heterocycles. The lowest BCUT2D eigenvalue weighted by Gasteiger charge is -2.22. The Kier molecular flexibility index (Phi) is 3.51. The first-order chi connectivity index (χ1) is 4.87. The predicted octanol–water partition coefficient (Wildman–Crippen LogP) is 0.846. The molecule has 0 radical (unpaired) electrons. The molecule has 0 saturated carbocycles. The Morgan fingerprint density at radius 1 is 1.36 bits per heavy atom. The summed E-state index contributed by atoms with van der Waals surface area (Å²) in [4.78, 5) is 0. The van der Waals surface area contributed by atoms with Gasteiger partial charge in [0, 0.05) is 12.9 Å². The number of ether oxygens (including phenoxy) is 1. The molecule has 0 aliphatic rings. The molecule has 0 saturated heterocycles. The van der Waals surface area contributed by atoms with Crippen molar-refractivity contribution >= 4 is 9.84 Å². The van der Waals surface area contributed by atoms with Gasteiger partial charge >= 0.3 is 0 Å². The molecule has 0 rings (SSSR count). The van der Waals surface area contributed by atoms with Crippen LogP contribution in [-0.2, 0) is 14.6 Å². The van der Waals surface area contributed by atoms with Gasteiger partial charge in [0.2, 0.25) is 0 Å². The second-order valence-corrected chi connectivity index (χ2v) is 6.01. The lowest BCUT2D eigenvalue weighted by Crippen LogP contribution is -2.37. The number of sulfone groups is 1. The van der Waals surface area contributed by atoms with Crippen LogP contribution in [0.4, 0.5) is 0 Å². The second-order valence-electron chi connectivity index (χ2n) is 3.10. The molecule has 0 aliphatic heterocycles. The van der Waals surface area contributed by atoms with Gasteiger partial charge in [-0.25, -0.2) is 8.42 Å². The molecule has 0 amide bonds. The van der Waals surface area contributed by atoms with Crippen molar-refractivity contribution in [2.45, 2.75) is 25.5 Å². The Bertz CT molecular complexity index is 204. The molecule has 0 fully saturated rings. The average molecular weight is 180 g/mol. The third kappa shape index (κ3) is 2.45.